The number of furan rings is 1. The summed E-state index contributed by atoms with van der Waals surface area (Å²) >= 11 is 0. The average molecular weight is 264 g/mol. The Kier molecular flexibility index (Phi) is 5.06. The van der Waals surface area contributed by atoms with E-state index in [-0.39, 0.29) is 0 Å². The molecule has 1 aliphatic rings. The highest BCUT2D eigenvalue weighted by Gasteiger charge is 2.29. The van der Waals surface area contributed by atoms with Crippen LogP contribution in [0.3, 0.4) is 0 Å². The number of nitrogens with one attached hydrogen (secondary N) is 1. The molecular formula is C16H28N2O. The van der Waals surface area contributed by atoms with Crippen molar-refractivity contribution in [3.05, 3.63) is 23.7 Å². The maximum atomic E-state index is 5.72. The summed E-state index contributed by atoms with van der Waals surface area (Å²) in [5.41, 5.74) is 1.25. The van der Waals surface area contributed by atoms with Crippen molar-refractivity contribution in [3.8, 4) is 0 Å². The second kappa shape index (κ2) is 6.58. The molecule has 0 amide bonds. The summed E-state index contributed by atoms with van der Waals surface area (Å²) in [6, 6.07) is 4.14. The Balaban J connectivity index is 1.92. The van der Waals surface area contributed by atoms with E-state index >= 15 is 0 Å². The number of hydrogen-bond acceptors (Lipinski definition) is 3. The molecule has 2 unspecified atom stereocenters. The van der Waals surface area contributed by atoms with E-state index in [1.54, 1.807) is 0 Å². The smallest absolute Gasteiger partial charge is 0.118 e. The molecule has 1 fully saturated rings. The molecule has 0 radical (unpaired) electrons. The van der Waals surface area contributed by atoms with E-state index in [2.05, 4.69) is 44.0 Å². The maximum Gasteiger partial charge on any atom is 0.118 e. The van der Waals surface area contributed by atoms with Gasteiger partial charge < -0.3 is 9.73 Å². The van der Waals surface area contributed by atoms with E-state index in [1.807, 2.05) is 6.26 Å². The molecule has 2 rings (SSSR count). The van der Waals surface area contributed by atoms with Gasteiger partial charge in [0.15, 0.2) is 0 Å². The molecular weight excluding hydrogens is 236 g/mol. The van der Waals surface area contributed by atoms with Crippen molar-refractivity contribution in [3.63, 3.8) is 0 Å². The first-order chi connectivity index (χ1) is 9.10. The molecule has 0 saturated carbocycles. The van der Waals surface area contributed by atoms with Crippen molar-refractivity contribution >= 4 is 0 Å². The van der Waals surface area contributed by atoms with E-state index in [0.717, 1.165) is 24.9 Å². The fourth-order valence-corrected chi connectivity index (χ4v) is 2.95. The molecule has 0 aromatic carbocycles. The Morgan fingerprint density at radius 2 is 2.21 bits per heavy atom. The van der Waals surface area contributed by atoms with Crippen LogP contribution in [0.25, 0.3) is 0 Å². The largest absolute Gasteiger partial charge is 0.468 e. The van der Waals surface area contributed by atoms with Crippen LogP contribution in [-0.4, -0.2) is 23.0 Å². The molecule has 1 aromatic rings. The van der Waals surface area contributed by atoms with Crippen LogP contribution in [0.2, 0.25) is 0 Å². The molecule has 1 aliphatic heterocycles. The summed E-state index contributed by atoms with van der Waals surface area (Å²) in [7, 11) is 0. The standard InChI is InChI=1S/C16H28N2O/c1-5-15-7-6-13(4)18(15)10-16-8-14(11-19-16)9-17-12(2)3/h8,11-13,15,17H,5-7,9-10H2,1-4H3. The van der Waals surface area contributed by atoms with Crippen molar-refractivity contribution < 1.29 is 4.42 Å². The lowest BCUT2D eigenvalue weighted by Gasteiger charge is -2.26. The van der Waals surface area contributed by atoms with Crippen LogP contribution in [0.1, 0.15) is 58.3 Å². The van der Waals surface area contributed by atoms with Gasteiger partial charge in [0, 0.05) is 30.2 Å². The summed E-state index contributed by atoms with van der Waals surface area (Å²) < 4.78 is 5.72. The van der Waals surface area contributed by atoms with Gasteiger partial charge in [-0.3, -0.25) is 4.90 Å². The summed E-state index contributed by atoms with van der Waals surface area (Å²) in [6.07, 6.45) is 5.79. The number of hydrogen-bond donors (Lipinski definition) is 1. The van der Waals surface area contributed by atoms with Crippen LogP contribution in [0.5, 0.6) is 0 Å². The highest BCUT2D eigenvalue weighted by molar-refractivity contribution is 5.13. The zero-order valence-electron chi connectivity index (χ0n) is 12.8. The van der Waals surface area contributed by atoms with Crippen LogP contribution in [0.4, 0.5) is 0 Å². The van der Waals surface area contributed by atoms with E-state index in [9.17, 15) is 0 Å². The van der Waals surface area contributed by atoms with Crippen molar-refractivity contribution in [1.29, 1.82) is 0 Å². The first kappa shape index (κ1) is 14.6. The molecule has 3 nitrogen and oxygen atoms in total. The van der Waals surface area contributed by atoms with E-state index in [4.69, 9.17) is 4.42 Å². The minimum Gasteiger partial charge on any atom is -0.468 e. The molecule has 0 aliphatic carbocycles. The molecule has 1 N–H and O–H groups in total. The molecule has 3 heteroatoms. The highest BCUT2D eigenvalue weighted by atomic mass is 16.3. The molecule has 1 saturated heterocycles. The zero-order chi connectivity index (χ0) is 13.8. The number of nitrogens with zero attached hydrogens (tertiary/aromatic N) is 1. The fraction of sp³-hybridized carbons (Fsp3) is 0.750. The topological polar surface area (TPSA) is 28.4 Å². The summed E-state index contributed by atoms with van der Waals surface area (Å²) in [4.78, 5) is 2.60. The van der Waals surface area contributed by atoms with Crippen molar-refractivity contribution in [1.82, 2.24) is 10.2 Å². The van der Waals surface area contributed by atoms with Crippen LogP contribution in [-0.2, 0) is 13.1 Å². The third kappa shape index (κ3) is 3.83. The third-order valence-corrected chi connectivity index (χ3v) is 4.18. The van der Waals surface area contributed by atoms with Gasteiger partial charge in [-0.1, -0.05) is 20.8 Å². The van der Waals surface area contributed by atoms with E-state index in [0.29, 0.717) is 12.1 Å². The molecule has 108 valence electrons. The van der Waals surface area contributed by atoms with Crippen LogP contribution in [0, 0.1) is 0 Å². The minimum absolute atomic E-state index is 0.515. The summed E-state index contributed by atoms with van der Waals surface area (Å²) in [6.45, 7) is 10.8. The van der Waals surface area contributed by atoms with Crippen LogP contribution in [0.15, 0.2) is 16.7 Å². The van der Waals surface area contributed by atoms with Gasteiger partial charge in [-0.25, -0.2) is 0 Å². The lowest BCUT2D eigenvalue weighted by Crippen LogP contribution is -2.33. The van der Waals surface area contributed by atoms with Gasteiger partial charge in [-0.05, 0) is 32.3 Å². The first-order valence-electron chi connectivity index (χ1n) is 7.65. The maximum absolute atomic E-state index is 5.72. The quantitative estimate of drug-likeness (QED) is 0.852. The van der Waals surface area contributed by atoms with Gasteiger partial charge in [0.05, 0.1) is 12.8 Å². The lowest BCUT2D eigenvalue weighted by molar-refractivity contribution is 0.175. The minimum atomic E-state index is 0.515. The lowest BCUT2D eigenvalue weighted by atomic mass is 10.1. The van der Waals surface area contributed by atoms with E-state index < -0.39 is 0 Å². The second-order valence-electron chi connectivity index (χ2n) is 6.12. The average Bonchev–Trinajstić information content (AvgIpc) is 2.96. The van der Waals surface area contributed by atoms with E-state index in [1.165, 1.54) is 24.8 Å². The highest BCUT2D eigenvalue weighted by Crippen LogP contribution is 2.28. The van der Waals surface area contributed by atoms with Crippen LogP contribution >= 0.6 is 0 Å². The molecule has 1 aromatic heterocycles. The Morgan fingerprint density at radius 1 is 1.42 bits per heavy atom. The normalized spacial score (nSPS) is 24.5. The predicted molar refractivity (Wildman–Crippen MR) is 79.0 cm³/mol. The van der Waals surface area contributed by atoms with Crippen LogP contribution < -0.4 is 5.32 Å². The number of likely N-dealkylation sites (tertiary alicyclic amines) is 1. The fourth-order valence-electron chi connectivity index (χ4n) is 2.95. The van der Waals surface area contributed by atoms with Gasteiger partial charge in [0.1, 0.15) is 5.76 Å². The van der Waals surface area contributed by atoms with Gasteiger partial charge in [0.25, 0.3) is 0 Å². The summed E-state index contributed by atoms with van der Waals surface area (Å²) in [5, 5.41) is 3.42. The second-order valence-corrected chi connectivity index (χ2v) is 6.12. The molecule has 0 spiro atoms. The molecule has 0 bridgehead atoms. The van der Waals surface area contributed by atoms with Gasteiger partial charge in [-0.15, -0.1) is 0 Å². The Labute approximate surface area is 117 Å². The van der Waals surface area contributed by atoms with Gasteiger partial charge in [-0.2, -0.15) is 0 Å². The first-order valence-corrected chi connectivity index (χ1v) is 7.65. The Hall–Kier alpha value is -0.800. The molecule has 2 atom stereocenters. The number of rotatable bonds is 6. The van der Waals surface area contributed by atoms with Gasteiger partial charge >= 0.3 is 0 Å². The monoisotopic (exact) mass is 264 g/mol. The Morgan fingerprint density at radius 3 is 2.89 bits per heavy atom. The summed E-state index contributed by atoms with van der Waals surface area (Å²) in [5.74, 6) is 1.10. The molecule has 2 heterocycles. The third-order valence-electron chi connectivity index (χ3n) is 4.18. The SMILES string of the molecule is CCC1CCC(C)N1Cc1cc(CNC(C)C)co1. The zero-order valence-corrected chi connectivity index (χ0v) is 12.8. The van der Waals surface area contributed by atoms with Crippen molar-refractivity contribution in [2.24, 2.45) is 0 Å². The Bertz CT molecular complexity index is 386. The molecule has 19 heavy (non-hydrogen) atoms. The van der Waals surface area contributed by atoms with Crippen molar-refractivity contribution in [2.45, 2.75) is 78.2 Å². The predicted octanol–water partition coefficient (Wildman–Crippen LogP) is 3.54. The van der Waals surface area contributed by atoms with Crippen molar-refractivity contribution in [2.75, 3.05) is 0 Å². The van der Waals surface area contributed by atoms with Gasteiger partial charge in [0.2, 0.25) is 0 Å².